The van der Waals surface area contributed by atoms with E-state index in [0.717, 1.165) is 24.3 Å². The maximum atomic E-state index is 12.5. The fraction of sp³-hybridized carbons (Fsp3) is 0.562. The molecule has 3 rings (SSSR count). The normalized spacial score (nSPS) is 16.7. The molecule has 0 spiro atoms. The van der Waals surface area contributed by atoms with Crippen molar-refractivity contribution in [3.63, 3.8) is 0 Å². The molecule has 2 aromatic heterocycles. The van der Waals surface area contributed by atoms with Gasteiger partial charge in [-0.15, -0.1) is 21.5 Å². The van der Waals surface area contributed by atoms with E-state index in [0.29, 0.717) is 35.3 Å². The average molecular weight is 415 g/mol. The number of unbranched alkanes of at least 4 members (excludes halogenated alkanes) is 1. The smallest absolute Gasteiger partial charge is 0.252 e. The summed E-state index contributed by atoms with van der Waals surface area (Å²) in [6.07, 6.45) is 4.05. The number of hydrogen-bond donors (Lipinski definition) is 1. The minimum absolute atomic E-state index is 0.101. The minimum Gasteiger partial charge on any atom is -0.300 e. The summed E-state index contributed by atoms with van der Waals surface area (Å²) in [6, 6.07) is 3.35. The molecule has 26 heavy (non-hydrogen) atoms. The Kier molecular flexibility index (Phi) is 6.38. The fourth-order valence-electron chi connectivity index (χ4n) is 2.84. The standard InChI is InChI=1S/C16H22N4O3S3/c1-2-3-5-13-18-19-16(25-13)17-15(21)12-7-9-20(10-8-12)26(22,23)14-6-4-11-24-14/h4,6,11-12H,2-3,5,7-10H2,1H3,(H,17,19,21). The van der Waals surface area contributed by atoms with Crippen molar-refractivity contribution < 1.29 is 13.2 Å². The molecule has 0 atom stereocenters. The summed E-state index contributed by atoms with van der Waals surface area (Å²) in [4.78, 5) is 12.4. The number of carbonyl (C=O) groups excluding carboxylic acids is 1. The highest BCUT2D eigenvalue weighted by molar-refractivity contribution is 7.91. The zero-order valence-corrected chi connectivity index (χ0v) is 17.0. The number of carbonyl (C=O) groups is 1. The van der Waals surface area contributed by atoms with Crippen LogP contribution >= 0.6 is 22.7 Å². The van der Waals surface area contributed by atoms with Gasteiger partial charge in [-0.25, -0.2) is 8.42 Å². The number of sulfonamides is 1. The number of amides is 1. The van der Waals surface area contributed by atoms with Gasteiger partial charge in [-0.1, -0.05) is 30.7 Å². The summed E-state index contributed by atoms with van der Waals surface area (Å²) < 4.78 is 26.9. The molecule has 3 heterocycles. The molecule has 2 aromatic rings. The Bertz CT molecular complexity index is 825. The van der Waals surface area contributed by atoms with Gasteiger partial charge in [-0.3, -0.25) is 4.79 Å². The van der Waals surface area contributed by atoms with Crippen molar-refractivity contribution in [2.75, 3.05) is 18.4 Å². The molecule has 1 N–H and O–H groups in total. The molecule has 0 unspecified atom stereocenters. The molecular weight excluding hydrogens is 392 g/mol. The van der Waals surface area contributed by atoms with Crippen LogP contribution in [0.25, 0.3) is 0 Å². The van der Waals surface area contributed by atoms with Gasteiger partial charge >= 0.3 is 0 Å². The number of thiophene rings is 1. The predicted octanol–water partition coefficient (Wildman–Crippen LogP) is 2.98. The number of nitrogens with zero attached hydrogens (tertiary/aromatic N) is 3. The quantitative estimate of drug-likeness (QED) is 0.752. The van der Waals surface area contributed by atoms with Crippen molar-refractivity contribution in [3.05, 3.63) is 22.5 Å². The second-order valence-corrected chi connectivity index (χ2v) is 10.4. The van der Waals surface area contributed by atoms with E-state index in [1.165, 1.54) is 27.0 Å². The van der Waals surface area contributed by atoms with E-state index < -0.39 is 10.0 Å². The van der Waals surface area contributed by atoms with E-state index in [1.807, 2.05) is 0 Å². The number of aryl methyl sites for hydroxylation is 1. The molecule has 10 heteroatoms. The maximum Gasteiger partial charge on any atom is 0.252 e. The van der Waals surface area contributed by atoms with Crippen LogP contribution < -0.4 is 5.32 Å². The van der Waals surface area contributed by atoms with Crippen molar-refractivity contribution in [3.8, 4) is 0 Å². The topological polar surface area (TPSA) is 92.3 Å². The molecule has 0 aromatic carbocycles. The lowest BCUT2D eigenvalue weighted by atomic mass is 9.97. The first-order chi connectivity index (χ1) is 12.5. The van der Waals surface area contributed by atoms with E-state index >= 15 is 0 Å². The Morgan fingerprint density at radius 2 is 2.12 bits per heavy atom. The van der Waals surface area contributed by atoms with Crippen molar-refractivity contribution >= 4 is 43.7 Å². The Labute approximate surface area is 161 Å². The van der Waals surface area contributed by atoms with Gasteiger partial charge in [0.15, 0.2) is 0 Å². The number of hydrogen-bond acceptors (Lipinski definition) is 7. The summed E-state index contributed by atoms with van der Waals surface area (Å²) >= 11 is 2.63. The van der Waals surface area contributed by atoms with E-state index in [2.05, 4.69) is 22.4 Å². The number of aromatic nitrogens is 2. The molecule has 7 nitrogen and oxygen atoms in total. The van der Waals surface area contributed by atoms with Crippen LogP contribution in [0.1, 0.15) is 37.6 Å². The van der Waals surface area contributed by atoms with Crippen molar-refractivity contribution in [1.29, 1.82) is 0 Å². The zero-order chi connectivity index (χ0) is 18.6. The first-order valence-electron chi connectivity index (χ1n) is 8.67. The third-order valence-electron chi connectivity index (χ3n) is 4.36. The highest BCUT2D eigenvalue weighted by atomic mass is 32.2. The number of nitrogens with one attached hydrogen (secondary N) is 1. The summed E-state index contributed by atoms with van der Waals surface area (Å²) in [5.74, 6) is -0.302. The molecule has 1 amide bonds. The Balaban J connectivity index is 1.53. The lowest BCUT2D eigenvalue weighted by molar-refractivity contribution is -0.120. The lowest BCUT2D eigenvalue weighted by Gasteiger charge is -2.29. The molecular formula is C16H22N4O3S3. The van der Waals surface area contributed by atoms with Crippen LogP contribution in [0.15, 0.2) is 21.7 Å². The van der Waals surface area contributed by atoms with Crippen LogP contribution in [-0.2, 0) is 21.2 Å². The minimum atomic E-state index is -3.43. The monoisotopic (exact) mass is 414 g/mol. The van der Waals surface area contributed by atoms with Gasteiger partial charge < -0.3 is 5.32 Å². The molecule has 1 aliphatic rings. The third-order valence-corrected chi connectivity index (χ3v) is 8.53. The molecule has 1 fully saturated rings. The average Bonchev–Trinajstić information content (AvgIpc) is 3.32. The van der Waals surface area contributed by atoms with Crippen LogP contribution in [0.2, 0.25) is 0 Å². The van der Waals surface area contributed by atoms with E-state index in [9.17, 15) is 13.2 Å². The molecule has 142 valence electrons. The van der Waals surface area contributed by atoms with E-state index in [1.54, 1.807) is 17.5 Å². The second kappa shape index (κ2) is 8.55. The van der Waals surface area contributed by atoms with E-state index in [-0.39, 0.29) is 11.8 Å². The number of rotatable bonds is 7. The SMILES string of the molecule is CCCCc1nnc(NC(=O)C2CCN(S(=O)(=O)c3cccs3)CC2)s1. The fourth-order valence-corrected chi connectivity index (χ4v) is 6.24. The number of anilines is 1. The predicted molar refractivity (Wildman–Crippen MR) is 103 cm³/mol. The molecule has 1 aliphatic heterocycles. The van der Waals surface area contributed by atoms with Gasteiger partial charge in [0.2, 0.25) is 11.0 Å². The molecule has 0 aliphatic carbocycles. The van der Waals surface area contributed by atoms with Crippen LogP contribution in [0.4, 0.5) is 5.13 Å². The highest BCUT2D eigenvalue weighted by Gasteiger charge is 2.32. The summed E-state index contributed by atoms with van der Waals surface area (Å²) in [5.41, 5.74) is 0. The van der Waals surface area contributed by atoms with E-state index in [4.69, 9.17) is 0 Å². The molecule has 1 saturated heterocycles. The Morgan fingerprint density at radius 3 is 2.77 bits per heavy atom. The summed E-state index contributed by atoms with van der Waals surface area (Å²) in [6.45, 7) is 2.83. The van der Waals surface area contributed by atoms with Crippen LogP contribution in [-0.4, -0.2) is 41.9 Å². The summed E-state index contributed by atoms with van der Waals surface area (Å²) in [5, 5.41) is 14.2. The zero-order valence-electron chi connectivity index (χ0n) is 14.6. The largest absolute Gasteiger partial charge is 0.300 e. The Morgan fingerprint density at radius 1 is 1.35 bits per heavy atom. The first kappa shape index (κ1) is 19.4. The van der Waals surface area contributed by atoms with Gasteiger partial charge in [0, 0.05) is 25.4 Å². The maximum absolute atomic E-state index is 12.5. The summed E-state index contributed by atoms with van der Waals surface area (Å²) in [7, 11) is -3.43. The van der Waals surface area contributed by atoms with Crippen molar-refractivity contribution in [2.45, 2.75) is 43.2 Å². The number of piperidine rings is 1. The van der Waals surface area contributed by atoms with Crippen LogP contribution in [0, 0.1) is 5.92 Å². The van der Waals surface area contributed by atoms with Crippen molar-refractivity contribution in [1.82, 2.24) is 14.5 Å². The Hall–Kier alpha value is -1.36. The first-order valence-corrected chi connectivity index (χ1v) is 11.8. The second-order valence-electron chi connectivity index (χ2n) is 6.20. The molecule has 0 radical (unpaired) electrons. The van der Waals surface area contributed by atoms with Crippen LogP contribution in [0.5, 0.6) is 0 Å². The van der Waals surface area contributed by atoms with Gasteiger partial charge in [0.25, 0.3) is 10.0 Å². The van der Waals surface area contributed by atoms with Gasteiger partial charge in [0.05, 0.1) is 0 Å². The van der Waals surface area contributed by atoms with Crippen molar-refractivity contribution in [2.24, 2.45) is 5.92 Å². The molecule has 0 bridgehead atoms. The molecule has 0 saturated carbocycles. The van der Waals surface area contributed by atoms with Gasteiger partial charge in [-0.2, -0.15) is 4.31 Å². The van der Waals surface area contributed by atoms with Crippen LogP contribution in [0.3, 0.4) is 0 Å². The van der Waals surface area contributed by atoms with Gasteiger partial charge in [0.1, 0.15) is 9.22 Å². The van der Waals surface area contributed by atoms with Gasteiger partial charge in [-0.05, 0) is 30.7 Å². The highest BCUT2D eigenvalue weighted by Crippen LogP contribution is 2.27. The lowest BCUT2D eigenvalue weighted by Crippen LogP contribution is -2.41. The third kappa shape index (κ3) is 4.48.